The second-order valence-electron chi connectivity index (χ2n) is 5.45. The first-order chi connectivity index (χ1) is 14.1. The molecule has 0 unspecified atom stereocenters. The maximum Gasteiger partial charge on any atom is 0.426 e. The highest BCUT2D eigenvalue weighted by atomic mass is 16.6. The molecule has 11 heteroatoms. The number of imide groups is 1. The number of benzene rings is 1. The normalized spacial score (nSPS) is 10.0. The molecule has 0 aliphatic carbocycles. The van der Waals surface area contributed by atoms with E-state index in [0.29, 0.717) is 41.4 Å². The number of methoxy groups -OCH3 is 2. The van der Waals surface area contributed by atoms with Gasteiger partial charge in [0.05, 0.1) is 26.5 Å². The van der Waals surface area contributed by atoms with Gasteiger partial charge in [0, 0.05) is 22.6 Å². The number of azide groups is 1. The number of ether oxygens (including phenoxy) is 3. The number of hydrogen-bond donors (Lipinski definition) is 0. The molecule has 2 rings (SSSR count). The van der Waals surface area contributed by atoms with Gasteiger partial charge in [0.25, 0.3) is 0 Å². The van der Waals surface area contributed by atoms with Gasteiger partial charge in [-0.2, -0.15) is 0 Å². The Bertz CT molecular complexity index is 898. The third-order valence-corrected chi connectivity index (χ3v) is 3.78. The van der Waals surface area contributed by atoms with E-state index in [4.69, 9.17) is 10.3 Å². The average Bonchev–Trinajstić information content (AvgIpc) is 2.75. The van der Waals surface area contributed by atoms with Crippen molar-refractivity contribution in [3.63, 3.8) is 0 Å². The molecule has 2 amide bonds. The molecular weight excluding hydrogens is 380 g/mol. The van der Waals surface area contributed by atoms with E-state index in [0.717, 1.165) is 14.2 Å². The smallest absolute Gasteiger partial charge is 0.426 e. The number of rotatable bonds is 7. The van der Waals surface area contributed by atoms with Gasteiger partial charge < -0.3 is 14.2 Å². The number of nitrogens with zero attached hydrogens (tertiary/aromatic N) is 6. The number of hydrogen-bond acceptors (Lipinski definition) is 8. The molecule has 0 saturated carbocycles. The quantitative estimate of drug-likeness (QED) is 0.296. The van der Waals surface area contributed by atoms with E-state index >= 15 is 0 Å². The monoisotopic (exact) mass is 400 g/mol. The minimum absolute atomic E-state index is 0.0335. The molecule has 0 fully saturated rings. The van der Waals surface area contributed by atoms with Crippen molar-refractivity contribution in [2.75, 3.05) is 32.3 Å². The van der Waals surface area contributed by atoms with Crippen molar-refractivity contribution in [1.82, 2.24) is 9.97 Å². The van der Waals surface area contributed by atoms with E-state index in [-0.39, 0.29) is 11.8 Å². The second kappa shape index (κ2) is 10.6. The zero-order chi connectivity index (χ0) is 21.2. The fourth-order valence-electron chi connectivity index (χ4n) is 2.49. The third kappa shape index (κ3) is 5.18. The Kier molecular flexibility index (Phi) is 7.89. The highest BCUT2D eigenvalue weighted by molar-refractivity contribution is 6.08. The Morgan fingerprint density at radius 3 is 2.34 bits per heavy atom. The van der Waals surface area contributed by atoms with Crippen LogP contribution in [0, 0.1) is 0 Å². The van der Waals surface area contributed by atoms with Crippen LogP contribution in [0.1, 0.15) is 12.5 Å². The Morgan fingerprint density at radius 1 is 1.14 bits per heavy atom. The molecule has 1 aromatic heterocycles. The summed E-state index contributed by atoms with van der Waals surface area (Å²) in [5, 5.41) is 3.63. The minimum atomic E-state index is -1.05. The fraction of sp³-hybridized carbons (Fsp3) is 0.333. The van der Waals surface area contributed by atoms with Crippen LogP contribution in [-0.2, 0) is 20.6 Å². The predicted octanol–water partition coefficient (Wildman–Crippen LogP) is 4.00. The summed E-state index contributed by atoms with van der Waals surface area (Å²) in [5.74, 6) is -0.376. The van der Waals surface area contributed by atoms with Gasteiger partial charge in [-0.05, 0) is 24.0 Å². The van der Waals surface area contributed by atoms with E-state index in [1.807, 2.05) is 13.0 Å². The van der Waals surface area contributed by atoms with Crippen molar-refractivity contribution >= 4 is 24.0 Å². The SMILES string of the molecule is CCOCCc1c(N=[N+]=[N-])nc(N(C(=O)OC)C(=O)OC)nc1-c1ccccc1. The zero-order valence-electron chi connectivity index (χ0n) is 16.2. The van der Waals surface area contributed by atoms with Gasteiger partial charge in [0.15, 0.2) is 0 Å². The van der Waals surface area contributed by atoms with Crippen molar-refractivity contribution in [1.29, 1.82) is 0 Å². The summed E-state index contributed by atoms with van der Waals surface area (Å²) in [7, 11) is 2.20. The first-order valence-electron chi connectivity index (χ1n) is 8.62. The third-order valence-electron chi connectivity index (χ3n) is 3.78. The summed E-state index contributed by atoms with van der Waals surface area (Å²) in [6.45, 7) is 2.70. The molecule has 0 spiro atoms. The van der Waals surface area contributed by atoms with Crippen LogP contribution in [0.2, 0.25) is 0 Å². The summed E-state index contributed by atoms with van der Waals surface area (Å²) >= 11 is 0. The maximum absolute atomic E-state index is 12.1. The Labute approximate surface area is 166 Å². The fourth-order valence-corrected chi connectivity index (χ4v) is 2.49. The van der Waals surface area contributed by atoms with Gasteiger partial charge in [-0.15, -0.1) is 4.90 Å². The van der Waals surface area contributed by atoms with E-state index in [9.17, 15) is 9.59 Å². The molecule has 11 nitrogen and oxygen atoms in total. The highest BCUT2D eigenvalue weighted by Gasteiger charge is 2.30. The van der Waals surface area contributed by atoms with Gasteiger partial charge in [-0.3, -0.25) is 0 Å². The summed E-state index contributed by atoms with van der Waals surface area (Å²) in [4.78, 5) is 36.0. The van der Waals surface area contributed by atoms with Gasteiger partial charge in [-0.1, -0.05) is 30.3 Å². The zero-order valence-corrected chi connectivity index (χ0v) is 16.2. The van der Waals surface area contributed by atoms with Crippen LogP contribution in [0.4, 0.5) is 21.4 Å². The Balaban J connectivity index is 2.73. The first-order valence-corrected chi connectivity index (χ1v) is 8.62. The number of aromatic nitrogens is 2. The number of carbonyl (C=O) groups excluding carboxylic acids is 2. The molecule has 0 radical (unpaired) electrons. The minimum Gasteiger partial charge on any atom is -0.452 e. The number of anilines is 1. The summed E-state index contributed by atoms with van der Waals surface area (Å²) in [6, 6.07) is 9.01. The molecule has 1 heterocycles. The van der Waals surface area contributed by atoms with Crippen molar-refractivity contribution in [2.45, 2.75) is 13.3 Å². The maximum atomic E-state index is 12.1. The van der Waals surface area contributed by atoms with Crippen LogP contribution in [0.5, 0.6) is 0 Å². The molecule has 0 aliphatic heterocycles. The molecule has 152 valence electrons. The second-order valence-corrected chi connectivity index (χ2v) is 5.45. The van der Waals surface area contributed by atoms with E-state index in [2.05, 4.69) is 29.5 Å². The number of carbonyl (C=O) groups is 2. The molecule has 0 saturated heterocycles. The molecule has 1 aromatic carbocycles. The van der Waals surface area contributed by atoms with Gasteiger partial charge in [-0.25, -0.2) is 19.6 Å². The lowest BCUT2D eigenvalue weighted by molar-refractivity contribution is 0.151. The number of amides is 2. The highest BCUT2D eigenvalue weighted by Crippen LogP contribution is 2.31. The van der Waals surface area contributed by atoms with Gasteiger partial charge in [0.1, 0.15) is 5.82 Å². The van der Waals surface area contributed by atoms with E-state index in [1.165, 1.54) is 0 Å². The summed E-state index contributed by atoms with van der Waals surface area (Å²) < 4.78 is 14.7. The summed E-state index contributed by atoms with van der Waals surface area (Å²) in [5.41, 5.74) is 10.6. The van der Waals surface area contributed by atoms with Crippen molar-refractivity contribution in [3.05, 3.63) is 46.3 Å². The topological polar surface area (TPSA) is 140 Å². The largest absolute Gasteiger partial charge is 0.452 e. The lowest BCUT2D eigenvalue weighted by Crippen LogP contribution is -2.38. The first kappa shape index (κ1) is 21.6. The van der Waals surface area contributed by atoms with Gasteiger partial charge >= 0.3 is 12.2 Å². The van der Waals surface area contributed by atoms with Crippen molar-refractivity contribution in [2.24, 2.45) is 5.11 Å². The Hall–Kier alpha value is -3.69. The van der Waals surface area contributed by atoms with Crippen LogP contribution in [0.3, 0.4) is 0 Å². The molecule has 29 heavy (non-hydrogen) atoms. The standard InChI is InChI=1S/C18H20N6O5/c1-4-29-11-10-13-14(12-8-6-5-7-9-12)20-16(21-15(13)22-23-19)24(17(25)27-2)18(26)28-3/h5-9H,4,10-11H2,1-3H3. The molecular formula is C18H20N6O5. The lowest BCUT2D eigenvalue weighted by Gasteiger charge is -2.19. The molecule has 0 aliphatic rings. The van der Waals surface area contributed by atoms with Crippen LogP contribution < -0.4 is 4.90 Å². The van der Waals surface area contributed by atoms with E-state index < -0.39 is 12.2 Å². The van der Waals surface area contributed by atoms with Crippen LogP contribution in [0.15, 0.2) is 35.4 Å². The Morgan fingerprint density at radius 2 is 1.79 bits per heavy atom. The molecule has 0 N–H and O–H groups in total. The lowest BCUT2D eigenvalue weighted by atomic mass is 10.0. The molecule has 2 aromatic rings. The van der Waals surface area contributed by atoms with Crippen molar-refractivity contribution in [3.8, 4) is 11.3 Å². The van der Waals surface area contributed by atoms with Crippen LogP contribution in [0.25, 0.3) is 21.7 Å². The van der Waals surface area contributed by atoms with Crippen LogP contribution in [-0.4, -0.2) is 49.6 Å². The van der Waals surface area contributed by atoms with Crippen molar-refractivity contribution < 1.29 is 23.8 Å². The molecule has 0 atom stereocenters. The molecule has 0 bridgehead atoms. The average molecular weight is 400 g/mol. The predicted molar refractivity (Wildman–Crippen MR) is 104 cm³/mol. The van der Waals surface area contributed by atoms with Gasteiger partial charge in [0.2, 0.25) is 5.95 Å². The van der Waals surface area contributed by atoms with E-state index in [1.54, 1.807) is 24.3 Å². The van der Waals surface area contributed by atoms with Crippen LogP contribution >= 0.6 is 0 Å². The summed E-state index contributed by atoms with van der Waals surface area (Å²) in [6.07, 6.45) is -1.75.